The molecule has 1 N–H and O–H groups in total. The summed E-state index contributed by atoms with van der Waals surface area (Å²) in [5.74, 6) is 0.587. The zero-order valence-corrected chi connectivity index (χ0v) is 18.1. The van der Waals surface area contributed by atoms with Crippen molar-refractivity contribution in [1.82, 2.24) is 9.97 Å². The molecule has 0 saturated heterocycles. The van der Waals surface area contributed by atoms with Gasteiger partial charge in [0.15, 0.2) is 5.13 Å². The largest absolute Gasteiger partial charge is 0.494 e. The van der Waals surface area contributed by atoms with Crippen molar-refractivity contribution in [2.75, 3.05) is 11.9 Å². The Hall–Kier alpha value is -2.70. The highest BCUT2D eigenvalue weighted by Gasteiger charge is 2.18. The summed E-state index contributed by atoms with van der Waals surface area (Å²) in [6.07, 6.45) is 4.19. The van der Waals surface area contributed by atoms with Crippen molar-refractivity contribution in [3.05, 3.63) is 58.2 Å². The van der Waals surface area contributed by atoms with Crippen molar-refractivity contribution in [2.45, 2.75) is 32.6 Å². The Bertz CT molecular complexity index is 1280. The number of aromatic nitrogens is 2. The van der Waals surface area contributed by atoms with Crippen LogP contribution in [-0.2, 0) is 12.8 Å². The molecular formula is C23H20ClN3O2S. The van der Waals surface area contributed by atoms with Gasteiger partial charge in [0.25, 0.3) is 5.91 Å². The smallest absolute Gasteiger partial charge is 0.257 e. The molecule has 0 fully saturated rings. The van der Waals surface area contributed by atoms with Crippen LogP contribution in [0.4, 0.5) is 5.13 Å². The molecule has 2 heterocycles. The second kappa shape index (κ2) is 7.85. The highest BCUT2D eigenvalue weighted by molar-refractivity contribution is 7.22. The normalized spacial score (nSPS) is 13.4. The van der Waals surface area contributed by atoms with Gasteiger partial charge in [0.2, 0.25) is 0 Å². The molecule has 5 rings (SSSR count). The van der Waals surface area contributed by atoms with E-state index >= 15 is 0 Å². The number of hydrogen-bond donors (Lipinski definition) is 1. The molecule has 4 aromatic rings. The van der Waals surface area contributed by atoms with E-state index < -0.39 is 0 Å². The van der Waals surface area contributed by atoms with E-state index in [1.165, 1.54) is 11.3 Å². The molecule has 0 bridgehead atoms. The van der Waals surface area contributed by atoms with Gasteiger partial charge in [-0.1, -0.05) is 29.0 Å². The predicted molar refractivity (Wildman–Crippen MR) is 122 cm³/mol. The molecule has 1 amide bonds. The quantitative estimate of drug-likeness (QED) is 0.423. The van der Waals surface area contributed by atoms with Crippen LogP contribution < -0.4 is 10.1 Å². The molecule has 30 heavy (non-hydrogen) atoms. The first-order valence-electron chi connectivity index (χ1n) is 10.1. The number of rotatable bonds is 4. The Morgan fingerprint density at radius 3 is 2.87 bits per heavy atom. The third kappa shape index (κ3) is 3.50. The molecule has 2 aromatic carbocycles. The number of carbonyl (C=O) groups excluding carboxylic acids is 1. The van der Waals surface area contributed by atoms with Gasteiger partial charge in [-0.2, -0.15) is 0 Å². The molecule has 0 saturated carbocycles. The van der Waals surface area contributed by atoms with Crippen LogP contribution in [0.15, 0.2) is 36.4 Å². The molecule has 2 aromatic heterocycles. The lowest BCUT2D eigenvalue weighted by Crippen LogP contribution is -2.12. The van der Waals surface area contributed by atoms with Crippen LogP contribution in [0.1, 0.15) is 41.4 Å². The number of fused-ring (bicyclic) bond motifs is 3. The number of carbonyl (C=O) groups is 1. The summed E-state index contributed by atoms with van der Waals surface area (Å²) in [5, 5.41) is 5.14. The highest BCUT2D eigenvalue weighted by Crippen LogP contribution is 2.34. The fraction of sp³-hybridized carbons (Fsp3) is 0.261. The minimum absolute atomic E-state index is 0.211. The number of benzene rings is 2. The number of anilines is 1. The first-order chi connectivity index (χ1) is 14.6. The van der Waals surface area contributed by atoms with Crippen LogP contribution in [0.25, 0.3) is 21.1 Å². The topological polar surface area (TPSA) is 64.1 Å². The van der Waals surface area contributed by atoms with Crippen LogP contribution in [0.3, 0.4) is 0 Å². The summed E-state index contributed by atoms with van der Waals surface area (Å²) in [6.45, 7) is 2.56. The standard InChI is InChI=1S/C23H20ClN3O2S/c1-2-29-14-8-10-18-20(12-14)30-23(26-18)27-22(28)13-7-9-16-19(11-13)25-17-6-4-3-5-15(17)21(16)24/h7-12H,2-6H2,1H3,(H,26,27,28). The molecule has 0 unspecified atom stereocenters. The summed E-state index contributed by atoms with van der Waals surface area (Å²) in [5.41, 5.74) is 4.36. The Morgan fingerprint density at radius 2 is 2.00 bits per heavy atom. The third-order valence-corrected chi connectivity index (χ3v) is 6.71. The lowest BCUT2D eigenvalue weighted by Gasteiger charge is -2.17. The molecule has 0 aliphatic heterocycles. The maximum Gasteiger partial charge on any atom is 0.257 e. The molecule has 0 spiro atoms. The van der Waals surface area contributed by atoms with Gasteiger partial charge in [0, 0.05) is 16.6 Å². The van der Waals surface area contributed by atoms with Gasteiger partial charge < -0.3 is 4.74 Å². The number of aryl methyl sites for hydroxylation is 1. The van der Waals surface area contributed by atoms with E-state index in [1.54, 1.807) is 6.07 Å². The Labute approximate surface area is 183 Å². The van der Waals surface area contributed by atoms with Gasteiger partial charge in [-0.05, 0) is 68.5 Å². The second-order valence-corrected chi connectivity index (χ2v) is 8.73. The monoisotopic (exact) mass is 437 g/mol. The van der Waals surface area contributed by atoms with Crippen LogP contribution in [0.5, 0.6) is 5.75 Å². The number of nitrogens with one attached hydrogen (secondary N) is 1. The summed E-state index contributed by atoms with van der Waals surface area (Å²) in [6, 6.07) is 11.2. The van der Waals surface area contributed by atoms with E-state index in [9.17, 15) is 4.79 Å². The van der Waals surface area contributed by atoms with Gasteiger partial charge in [-0.3, -0.25) is 15.1 Å². The van der Waals surface area contributed by atoms with Crippen LogP contribution in [0.2, 0.25) is 5.02 Å². The van der Waals surface area contributed by atoms with Crippen molar-refractivity contribution >= 4 is 55.1 Å². The number of nitrogens with zero attached hydrogens (tertiary/aromatic N) is 2. The number of halogens is 1. The minimum atomic E-state index is -0.211. The Kier molecular flexibility index (Phi) is 5.05. The van der Waals surface area contributed by atoms with Crippen LogP contribution in [-0.4, -0.2) is 22.5 Å². The SMILES string of the molecule is CCOc1ccc2nc(NC(=O)c3ccc4c(Cl)c5c(nc4c3)CCCC5)sc2c1. The van der Waals surface area contributed by atoms with E-state index in [0.29, 0.717) is 17.3 Å². The van der Waals surface area contributed by atoms with Gasteiger partial charge in [0.1, 0.15) is 5.75 Å². The van der Waals surface area contributed by atoms with E-state index in [0.717, 1.165) is 68.8 Å². The van der Waals surface area contributed by atoms with Gasteiger partial charge in [-0.15, -0.1) is 0 Å². The zero-order chi connectivity index (χ0) is 20.7. The number of hydrogen-bond acceptors (Lipinski definition) is 5. The molecular weight excluding hydrogens is 418 g/mol. The molecule has 5 nitrogen and oxygen atoms in total. The lowest BCUT2D eigenvalue weighted by atomic mass is 9.94. The summed E-state index contributed by atoms with van der Waals surface area (Å²) in [7, 11) is 0. The number of amides is 1. The third-order valence-electron chi connectivity index (χ3n) is 5.35. The Balaban J connectivity index is 1.43. The van der Waals surface area contributed by atoms with Crippen LogP contribution >= 0.6 is 22.9 Å². The van der Waals surface area contributed by atoms with E-state index in [4.69, 9.17) is 21.3 Å². The van der Waals surface area contributed by atoms with E-state index in [-0.39, 0.29) is 5.91 Å². The maximum absolute atomic E-state index is 12.8. The summed E-state index contributed by atoms with van der Waals surface area (Å²) in [4.78, 5) is 22.2. The van der Waals surface area contributed by atoms with E-state index in [2.05, 4.69) is 10.3 Å². The molecule has 0 atom stereocenters. The molecule has 0 radical (unpaired) electrons. The highest BCUT2D eigenvalue weighted by atomic mass is 35.5. The minimum Gasteiger partial charge on any atom is -0.494 e. The fourth-order valence-corrected chi connectivity index (χ4v) is 5.15. The number of pyridine rings is 1. The summed E-state index contributed by atoms with van der Waals surface area (Å²) < 4.78 is 6.50. The van der Waals surface area contributed by atoms with Crippen molar-refractivity contribution in [3.63, 3.8) is 0 Å². The number of ether oxygens (including phenoxy) is 1. The van der Waals surface area contributed by atoms with Gasteiger partial charge >= 0.3 is 0 Å². The average molecular weight is 438 g/mol. The second-order valence-electron chi connectivity index (χ2n) is 7.33. The van der Waals surface area contributed by atoms with Crippen molar-refractivity contribution in [1.29, 1.82) is 0 Å². The van der Waals surface area contributed by atoms with Gasteiger partial charge in [-0.25, -0.2) is 4.98 Å². The molecule has 152 valence electrons. The van der Waals surface area contributed by atoms with Gasteiger partial charge in [0.05, 0.1) is 27.4 Å². The van der Waals surface area contributed by atoms with Crippen molar-refractivity contribution in [2.24, 2.45) is 0 Å². The van der Waals surface area contributed by atoms with E-state index in [1.807, 2.05) is 37.3 Å². The first kappa shape index (κ1) is 19.3. The maximum atomic E-state index is 12.8. The number of thiazole rings is 1. The first-order valence-corrected chi connectivity index (χ1v) is 11.3. The predicted octanol–water partition coefficient (Wildman–Crippen LogP) is 6.03. The molecule has 7 heteroatoms. The van der Waals surface area contributed by atoms with Crippen molar-refractivity contribution in [3.8, 4) is 5.75 Å². The molecule has 1 aliphatic rings. The van der Waals surface area contributed by atoms with Crippen LogP contribution in [0, 0.1) is 0 Å². The van der Waals surface area contributed by atoms with Crippen molar-refractivity contribution < 1.29 is 9.53 Å². The Morgan fingerprint density at radius 1 is 1.13 bits per heavy atom. The lowest BCUT2D eigenvalue weighted by molar-refractivity contribution is 0.102. The zero-order valence-electron chi connectivity index (χ0n) is 16.5. The average Bonchev–Trinajstić information content (AvgIpc) is 3.15. The molecule has 1 aliphatic carbocycles. The summed E-state index contributed by atoms with van der Waals surface area (Å²) >= 11 is 8.07. The fourth-order valence-electron chi connectivity index (χ4n) is 3.89.